The molecule has 0 aliphatic carbocycles. The molecule has 0 saturated heterocycles. The molecule has 16 heavy (non-hydrogen) atoms. The van der Waals surface area contributed by atoms with E-state index in [1.807, 2.05) is 42.5 Å². The van der Waals surface area contributed by atoms with Crippen molar-refractivity contribution in [3.8, 4) is 6.07 Å². The summed E-state index contributed by atoms with van der Waals surface area (Å²) in [6.45, 7) is 0. The fraction of sp³-hybridized carbons (Fsp3) is 0.143. The Morgan fingerprint density at radius 2 is 1.75 bits per heavy atom. The average molecular weight is 208 g/mol. The molecule has 0 aliphatic rings. The molecule has 0 saturated carbocycles. The molecule has 2 rings (SSSR count). The van der Waals surface area contributed by atoms with Crippen molar-refractivity contribution in [3.05, 3.63) is 66.0 Å². The van der Waals surface area contributed by atoms with Gasteiger partial charge in [-0.15, -0.1) is 0 Å². The van der Waals surface area contributed by atoms with Gasteiger partial charge in [-0.3, -0.25) is 4.98 Å². The van der Waals surface area contributed by atoms with Crippen LogP contribution in [-0.2, 0) is 6.42 Å². The highest BCUT2D eigenvalue weighted by atomic mass is 14.6. The Kier molecular flexibility index (Phi) is 3.30. The third-order valence-corrected chi connectivity index (χ3v) is 2.55. The Morgan fingerprint density at radius 3 is 2.38 bits per heavy atom. The normalized spacial score (nSPS) is 11.7. The van der Waals surface area contributed by atoms with Gasteiger partial charge in [-0.05, 0) is 29.7 Å². The monoisotopic (exact) mass is 208 g/mol. The fourth-order valence-corrected chi connectivity index (χ4v) is 1.68. The molecule has 1 aromatic carbocycles. The SMILES string of the molecule is N#CC(Cc1ccncc1)c1ccccc1. The highest BCUT2D eigenvalue weighted by Crippen LogP contribution is 2.19. The Bertz CT molecular complexity index is 471. The van der Waals surface area contributed by atoms with Crippen molar-refractivity contribution < 1.29 is 0 Å². The zero-order valence-corrected chi connectivity index (χ0v) is 8.88. The number of hydrogen-bond acceptors (Lipinski definition) is 2. The van der Waals surface area contributed by atoms with Gasteiger partial charge in [0, 0.05) is 12.4 Å². The van der Waals surface area contributed by atoms with Crippen molar-refractivity contribution in [2.24, 2.45) is 0 Å². The van der Waals surface area contributed by atoms with Crippen LogP contribution in [0.25, 0.3) is 0 Å². The van der Waals surface area contributed by atoms with Crippen molar-refractivity contribution in [2.75, 3.05) is 0 Å². The van der Waals surface area contributed by atoms with Crippen molar-refractivity contribution in [1.29, 1.82) is 5.26 Å². The van der Waals surface area contributed by atoms with Crippen LogP contribution in [0.2, 0.25) is 0 Å². The number of aromatic nitrogens is 1. The number of benzene rings is 1. The van der Waals surface area contributed by atoms with Gasteiger partial charge in [0.05, 0.1) is 12.0 Å². The topological polar surface area (TPSA) is 36.7 Å². The lowest BCUT2D eigenvalue weighted by molar-refractivity contribution is 0.847. The third-order valence-electron chi connectivity index (χ3n) is 2.55. The summed E-state index contributed by atoms with van der Waals surface area (Å²) < 4.78 is 0. The van der Waals surface area contributed by atoms with Gasteiger partial charge >= 0.3 is 0 Å². The second-order valence-electron chi connectivity index (χ2n) is 3.65. The molecular formula is C14H12N2. The molecule has 1 atom stereocenters. The molecule has 78 valence electrons. The number of rotatable bonds is 3. The first-order chi connectivity index (χ1) is 7.90. The molecule has 2 aromatic rings. The van der Waals surface area contributed by atoms with Crippen molar-refractivity contribution in [1.82, 2.24) is 4.98 Å². The van der Waals surface area contributed by atoms with Crippen molar-refractivity contribution in [2.45, 2.75) is 12.3 Å². The van der Waals surface area contributed by atoms with Crippen LogP contribution in [0, 0.1) is 11.3 Å². The molecule has 0 amide bonds. The zero-order chi connectivity index (χ0) is 11.2. The van der Waals surface area contributed by atoms with E-state index in [9.17, 15) is 5.26 Å². The van der Waals surface area contributed by atoms with Crippen LogP contribution in [0.3, 0.4) is 0 Å². The lowest BCUT2D eigenvalue weighted by atomic mass is 9.94. The lowest BCUT2D eigenvalue weighted by Gasteiger charge is -2.08. The maximum Gasteiger partial charge on any atom is 0.0753 e. The van der Waals surface area contributed by atoms with Gasteiger partial charge in [-0.25, -0.2) is 0 Å². The van der Waals surface area contributed by atoms with Crippen LogP contribution in [0.15, 0.2) is 54.9 Å². The van der Waals surface area contributed by atoms with Crippen LogP contribution in [0.1, 0.15) is 17.0 Å². The summed E-state index contributed by atoms with van der Waals surface area (Å²) in [6, 6.07) is 16.1. The maximum absolute atomic E-state index is 9.18. The summed E-state index contributed by atoms with van der Waals surface area (Å²) in [5.74, 6) is -0.0800. The average Bonchev–Trinajstić information content (AvgIpc) is 2.38. The number of hydrogen-bond donors (Lipinski definition) is 0. The molecule has 0 spiro atoms. The first kappa shape index (κ1) is 10.4. The summed E-state index contributed by atoms with van der Waals surface area (Å²) in [5, 5.41) is 9.18. The van der Waals surface area contributed by atoms with Gasteiger partial charge in [0.2, 0.25) is 0 Å². The van der Waals surface area contributed by atoms with Crippen LogP contribution < -0.4 is 0 Å². The largest absolute Gasteiger partial charge is 0.265 e. The van der Waals surface area contributed by atoms with E-state index in [0.29, 0.717) is 0 Å². The van der Waals surface area contributed by atoms with Crippen LogP contribution >= 0.6 is 0 Å². The molecule has 0 radical (unpaired) electrons. The van der Waals surface area contributed by atoms with E-state index in [2.05, 4.69) is 11.1 Å². The molecule has 0 aliphatic heterocycles. The second-order valence-corrected chi connectivity index (χ2v) is 3.65. The molecule has 1 aromatic heterocycles. The van der Waals surface area contributed by atoms with E-state index in [-0.39, 0.29) is 5.92 Å². The smallest absolute Gasteiger partial charge is 0.0753 e. The van der Waals surface area contributed by atoms with Crippen molar-refractivity contribution >= 4 is 0 Å². The van der Waals surface area contributed by atoms with Crippen LogP contribution in [0.4, 0.5) is 0 Å². The molecule has 0 N–H and O–H groups in total. The van der Waals surface area contributed by atoms with E-state index in [4.69, 9.17) is 0 Å². The standard InChI is InChI=1S/C14H12N2/c15-11-14(13-4-2-1-3-5-13)10-12-6-8-16-9-7-12/h1-9,14H,10H2. The molecule has 2 nitrogen and oxygen atoms in total. The van der Waals surface area contributed by atoms with Gasteiger partial charge < -0.3 is 0 Å². The van der Waals surface area contributed by atoms with E-state index in [1.165, 1.54) is 0 Å². The molecular weight excluding hydrogens is 196 g/mol. The number of pyridine rings is 1. The summed E-state index contributed by atoms with van der Waals surface area (Å²) in [7, 11) is 0. The van der Waals surface area contributed by atoms with E-state index in [1.54, 1.807) is 12.4 Å². The summed E-state index contributed by atoms with van der Waals surface area (Å²) in [4.78, 5) is 3.97. The lowest BCUT2D eigenvalue weighted by Crippen LogP contribution is -2.00. The maximum atomic E-state index is 9.18. The van der Waals surface area contributed by atoms with Gasteiger partial charge in [0.1, 0.15) is 0 Å². The first-order valence-electron chi connectivity index (χ1n) is 5.23. The summed E-state index contributed by atoms with van der Waals surface area (Å²) >= 11 is 0. The zero-order valence-electron chi connectivity index (χ0n) is 8.88. The highest BCUT2D eigenvalue weighted by Gasteiger charge is 2.10. The van der Waals surface area contributed by atoms with Gasteiger partial charge in [0.25, 0.3) is 0 Å². The Balaban J connectivity index is 2.17. The first-order valence-corrected chi connectivity index (χ1v) is 5.23. The van der Waals surface area contributed by atoms with E-state index in [0.717, 1.165) is 17.5 Å². The van der Waals surface area contributed by atoms with Gasteiger partial charge in [-0.2, -0.15) is 5.26 Å². The van der Waals surface area contributed by atoms with Crippen molar-refractivity contribution in [3.63, 3.8) is 0 Å². The number of nitriles is 1. The quantitative estimate of drug-likeness (QED) is 0.777. The molecule has 1 heterocycles. The predicted molar refractivity (Wildman–Crippen MR) is 62.7 cm³/mol. The fourth-order valence-electron chi connectivity index (χ4n) is 1.68. The predicted octanol–water partition coefficient (Wildman–Crippen LogP) is 2.93. The molecule has 1 unspecified atom stereocenters. The molecule has 2 heteroatoms. The minimum Gasteiger partial charge on any atom is -0.265 e. The van der Waals surface area contributed by atoms with Gasteiger partial charge in [-0.1, -0.05) is 30.3 Å². The van der Waals surface area contributed by atoms with Crippen LogP contribution in [0.5, 0.6) is 0 Å². The Labute approximate surface area is 95.2 Å². The molecule has 0 fully saturated rings. The third kappa shape index (κ3) is 2.46. The Hall–Kier alpha value is -2.14. The number of nitrogens with zero attached hydrogens (tertiary/aromatic N) is 2. The second kappa shape index (κ2) is 5.09. The minimum atomic E-state index is -0.0800. The Morgan fingerprint density at radius 1 is 1.06 bits per heavy atom. The van der Waals surface area contributed by atoms with Gasteiger partial charge in [0.15, 0.2) is 0 Å². The summed E-state index contributed by atoms with van der Waals surface area (Å²) in [6.07, 6.45) is 4.26. The van der Waals surface area contributed by atoms with E-state index < -0.39 is 0 Å². The minimum absolute atomic E-state index is 0.0800. The summed E-state index contributed by atoms with van der Waals surface area (Å²) in [5.41, 5.74) is 2.22. The van der Waals surface area contributed by atoms with Crippen LogP contribution in [-0.4, -0.2) is 4.98 Å². The highest BCUT2D eigenvalue weighted by molar-refractivity contribution is 5.27. The van der Waals surface area contributed by atoms with E-state index >= 15 is 0 Å². The molecule has 0 bridgehead atoms.